The van der Waals surface area contributed by atoms with E-state index in [1.165, 1.54) is 6.33 Å². The van der Waals surface area contributed by atoms with Gasteiger partial charge in [-0.2, -0.15) is 10.4 Å². The molecule has 0 radical (unpaired) electrons. The summed E-state index contributed by atoms with van der Waals surface area (Å²) in [5.74, 6) is 0. The molecule has 1 unspecified atom stereocenters. The molecule has 0 saturated carbocycles. The van der Waals surface area contributed by atoms with Crippen LogP contribution >= 0.6 is 11.3 Å². The van der Waals surface area contributed by atoms with Crippen LogP contribution in [0.25, 0.3) is 22.3 Å². The maximum Gasteiger partial charge on any atom is 0.141 e. The molecule has 0 bridgehead atoms. The van der Waals surface area contributed by atoms with Gasteiger partial charge in [-0.15, -0.1) is 11.3 Å². The van der Waals surface area contributed by atoms with Gasteiger partial charge in [0.15, 0.2) is 0 Å². The normalized spacial score (nSPS) is 12.3. The molecule has 1 atom stereocenters. The average molecular weight is 320 g/mol. The molecule has 0 aliphatic rings. The highest BCUT2D eigenvalue weighted by atomic mass is 32.1. The Balaban J connectivity index is 1.77. The van der Waals surface area contributed by atoms with Gasteiger partial charge in [-0.05, 0) is 17.5 Å². The van der Waals surface area contributed by atoms with Gasteiger partial charge in [0.2, 0.25) is 0 Å². The standard InChI is InChI=1S/C16H12N6S/c17-5-3-13(14-2-1-7-23-14)22-9-11(8-21-22)15-12-4-6-18-16(12)20-10-19-15/h1-2,4,6-10,13H,3H2,(H,18,19,20). The Morgan fingerprint density at radius 1 is 1.35 bits per heavy atom. The van der Waals surface area contributed by atoms with Gasteiger partial charge in [-0.1, -0.05) is 6.07 Å². The van der Waals surface area contributed by atoms with Gasteiger partial charge in [0.05, 0.1) is 30.4 Å². The third-order valence-corrected chi connectivity index (χ3v) is 4.68. The Morgan fingerprint density at radius 2 is 2.30 bits per heavy atom. The Kier molecular flexibility index (Phi) is 3.37. The number of rotatable bonds is 4. The number of aromatic amines is 1. The first-order valence-corrected chi connectivity index (χ1v) is 7.98. The van der Waals surface area contributed by atoms with Gasteiger partial charge in [0.1, 0.15) is 12.0 Å². The second-order valence-electron chi connectivity index (χ2n) is 5.06. The number of thiophene rings is 1. The molecular weight excluding hydrogens is 308 g/mol. The van der Waals surface area contributed by atoms with E-state index in [1.807, 2.05) is 40.7 Å². The summed E-state index contributed by atoms with van der Waals surface area (Å²) in [7, 11) is 0. The molecule has 0 aliphatic heterocycles. The Morgan fingerprint density at radius 3 is 3.13 bits per heavy atom. The smallest absolute Gasteiger partial charge is 0.141 e. The lowest BCUT2D eigenvalue weighted by atomic mass is 10.1. The molecule has 0 aromatic carbocycles. The zero-order chi connectivity index (χ0) is 15.6. The average Bonchev–Trinajstić information content (AvgIpc) is 3.32. The molecule has 0 fully saturated rings. The predicted octanol–water partition coefficient (Wildman–Crippen LogP) is 3.39. The van der Waals surface area contributed by atoms with Crippen LogP contribution in [0.3, 0.4) is 0 Å². The number of aromatic nitrogens is 5. The minimum Gasteiger partial charge on any atom is -0.346 e. The van der Waals surface area contributed by atoms with Crippen LogP contribution in [0.2, 0.25) is 0 Å². The lowest BCUT2D eigenvalue weighted by Crippen LogP contribution is -2.09. The molecule has 7 heteroatoms. The molecule has 1 N–H and O–H groups in total. The van der Waals surface area contributed by atoms with Gasteiger partial charge in [0.25, 0.3) is 0 Å². The van der Waals surface area contributed by atoms with Gasteiger partial charge >= 0.3 is 0 Å². The lowest BCUT2D eigenvalue weighted by molar-refractivity contribution is 0.540. The fraction of sp³-hybridized carbons (Fsp3) is 0.125. The maximum absolute atomic E-state index is 9.12. The van der Waals surface area contributed by atoms with E-state index in [1.54, 1.807) is 17.5 Å². The number of hydrogen-bond donors (Lipinski definition) is 1. The molecule has 23 heavy (non-hydrogen) atoms. The Labute approximate surface area is 136 Å². The topological polar surface area (TPSA) is 83.2 Å². The van der Waals surface area contributed by atoms with Crippen molar-refractivity contribution in [2.45, 2.75) is 12.5 Å². The first-order chi connectivity index (χ1) is 11.4. The van der Waals surface area contributed by atoms with E-state index in [0.29, 0.717) is 6.42 Å². The largest absolute Gasteiger partial charge is 0.346 e. The van der Waals surface area contributed by atoms with Crippen LogP contribution in [-0.2, 0) is 0 Å². The summed E-state index contributed by atoms with van der Waals surface area (Å²) in [5.41, 5.74) is 2.55. The fourth-order valence-corrected chi connectivity index (χ4v) is 3.44. The molecule has 6 nitrogen and oxygen atoms in total. The predicted molar refractivity (Wildman–Crippen MR) is 87.8 cm³/mol. The van der Waals surface area contributed by atoms with Crippen LogP contribution in [0.5, 0.6) is 0 Å². The van der Waals surface area contributed by atoms with Gasteiger partial charge in [-0.3, -0.25) is 4.68 Å². The number of nitriles is 1. The third kappa shape index (κ3) is 2.39. The highest BCUT2D eigenvalue weighted by molar-refractivity contribution is 7.10. The summed E-state index contributed by atoms with van der Waals surface area (Å²) in [4.78, 5) is 12.8. The number of fused-ring (bicyclic) bond motifs is 1. The van der Waals surface area contributed by atoms with E-state index in [0.717, 1.165) is 27.2 Å². The SMILES string of the molecule is N#CCC(c1cccs1)n1cc(-c2ncnc3[nH]ccc23)cn1. The highest BCUT2D eigenvalue weighted by Gasteiger charge is 2.17. The zero-order valence-corrected chi connectivity index (χ0v) is 12.9. The molecule has 4 aromatic heterocycles. The van der Waals surface area contributed by atoms with E-state index >= 15 is 0 Å². The van der Waals surface area contributed by atoms with Gasteiger partial charge < -0.3 is 4.98 Å². The number of nitrogens with one attached hydrogen (secondary N) is 1. The summed E-state index contributed by atoms with van der Waals surface area (Å²) in [6.45, 7) is 0. The van der Waals surface area contributed by atoms with Crippen molar-refractivity contribution in [3.05, 3.63) is 53.4 Å². The molecule has 0 spiro atoms. The molecule has 4 aromatic rings. The summed E-state index contributed by atoms with van der Waals surface area (Å²) >= 11 is 1.63. The van der Waals surface area contributed by atoms with Crippen molar-refractivity contribution >= 4 is 22.4 Å². The molecule has 0 saturated heterocycles. The van der Waals surface area contributed by atoms with Gasteiger partial charge in [0, 0.05) is 28.2 Å². The summed E-state index contributed by atoms with van der Waals surface area (Å²) in [6.07, 6.45) is 7.49. The first kappa shape index (κ1) is 13.7. The number of nitrogens with zero attached hydrogens (tertiary/aromatic N) is 5. The quantitative estimate of drug-likeness (QED) is 0.625. The van der Waals surface area contributed by atoms with Crippen molar-refractivity contribution in [1.29, 1.82) is 5.26 Å². The second-order valence-corrected chi connectivity index (χ2v) is 6.04. The fourth-order valence-electron chi connectivity index (χ4n) is 2.63. The number of hydrogen-bond acceptors (Lipinski definition) is 5. The molecule has 0 aliphatic carbocycles. The van der Waals surface area contributed by atoms with E-state index in [9.17, 15) is 0 Å². The van der Waals surface area contributed by atoms with Crippen molar-refractivity contribution in [3.63, 3.8) is 0 Å². The molecular formula is C16H12N6S. The minimum absolute atomic E-state index is 0.0719. The monoisotopic (exact) mass is 320 g/mol. The molecule has 112 valence electrons. The van der Waals surface area contributed by atoms with E-state index in [2.05, 4.69) is 26.1 Å². The van der Waals surface area contributed by atoms with Crippen LogP contribution in [0.1, 0.15) is 17.3 Å². The van der Waals surface area contributed by atoms with Crippen molar-refractivity contribution < 1.29 is 0 Å². The maximum atomic E-state index is 9.12. The summed E-state index contributed by atoms with van der Waals surface area (Å²) < 4.78 is 1.84. The number of H-pyrrole nitrogens is 1. The third-order valence-electron chi connectivity index (χ3n) is 3.70. The van der Waals surface area contributed by atoms with Gasteiger partial charge in [-0.25, -0.2) is 9.97 Å². The van der Waals surface area contributed by atoms with E-state index in [-0.39, 0.29) is 6.04 Å². The summed E-state index contributed by atoms with van der Waals surface area (Å²) in [6, 6.07) is 8.14. The van der Waals surface area contributed by atoms with Crippen LogP contribution in [-0.4, -0.2) is 24.7 Å². The molecule has 4 rings (SSSR count). The Hall–Kier alpha value is -2.98. The first-order valence-electron chi connectivity index (χ1n) is 7.10. The highest BCUT2D eigenvalue weighted by Crippen LogP contribution is 2.29. The minimum atomic E-state index is -0.0719. The van der Waals surface area contributed by atoms with Crippen molar-refractivity contribution in [1.82, 2.24) is 24.7 Å². The Bertz CT molecular complexity index is 976. The van der Waals surface area contributed by atoms with Crippen LogP contribution in [0.15, 0.2) is 48.5 Å². The van der Waals surface area contributed by atoms with Crippen molar-refractivity contribution in [2.24, 2.45) is 0 Å². The lowest BCUT2D eigenvalue weighted by Gasteiger charge is -2.12. The van der Waals surface area contributed by atoms with Crippen LogP contribution in [0.4, 0.5) is 0 Å². The zero-order valence-electron chi connectivity index (χ0n) is 12.0. The molecule has 4 heterocycles. The second kappa shape index (κ2) is 5.66. The van der Waals surface area contributed by atoms with E-state index < -0.39 is 0 Å². The van der Waals surface area contributed by atoms with Crippen LogP contribution in [0, 0.1) is 11.3 Å². The van der Waals surface area contributed by atoms with Crippen LogP contribution < -0.4 is 0 Å². The summed E-state index contributed by atoms with van der Waals surface area (Å²) in [5, 5.41) is 16.6. The van der Waals surface area contributed by atoms with Crippen molar-refractivity contribution in [2.75, 3.05) is 0 Å². The van der Waals surface area contributed by atoms with Crippen molar-refractivity contribution in [3.8, 4) is 17.3 Å². The van der Waals surface area contributed by atoms with E-state index in [4.69, 9.17) is 5.26 Å². The molecule has 0 amide bonds.